The summed E-state index contributed by atoms with van der Waals surface area (Å²) in [5.41, 5.74) is -0.408. The molecule has 0 saturated carbocycles. The Kier molecular flexibility index (Phi) is 7.61. The van der Waals surface area contributed by atoms with E-state index in [0.717, 1.165) is 0 Å². The quantitative estimate of drug-likeness (QED) is 0.235. The van der Waals surface area contributed by atoms with E-state index in [1.54, 1.807) is 0 Å². The Morgan fingerprint density at radius 1 is 0.829 bits per heavy atom. The second-order valence-electron chi connectivity index (χ2n) is 8.44. The van der Waals surface area contributed by atoms with E-state index in [4.69, 9.17) is 28.1 Å². The Morgan fingerprint density at radius 2 is 1.51 bits per heavy atom. The lowest BCUT2D eigenvalue weighted by atomic mass is 9.98. The topological polar surface area (TPSA) is 198 Å². The monoisotopic (exact) mass is 500 g/mol. The number of methoxy groups -OCH3 is 1. The first-order chi connectivity index (χ1) is 16.6. The Labute approximate surface area is 198 Å². The van der Waals surface area contributed by atoms with Crippen LogP contribution in [0.4, 0.5) is 0 Å². The summed E-state index contributed by atoms with van der Waals surface area (Å²) in [7, 11) is 1.38. The van der Waals surface area contributed by atoms with Crippen LogP contribution in [0.25, 0.3) is 11.0 Å². The molecule has 1 aromatic heterocycles. The van der Waals surface area contributed by atoms with Gasteiger partial charge in [0, 0.05) is 17.5 Å². The van der Waals surface area contributed by atoms with Crippen LogP contribution in [-0.4, -0.2) is 106 Å². The average molecular weight is 500 g/mol. The Hall–Kier alpha value is -2.33. The molecule has 1 aromatic carbocycles. The van der Waals surface area contributed by atoms with Crippen LogP contribution >= 0.6 is 0 Å². The number of hydrogen-bond acceptors (Lipinski definition) is 13. The fourth-order valence-electron chi connectivity index (χ4n) is 3.94. The summed E-state index contributed by atoms with van der Waals surface area (Å²) >= 11 is 0. The first-order valence-corrected chi connectivity index (χ1v) is 10.9. The maximum absolute atomic E-state index is 11.6. The van der Waals surface area contributed by atoms with E-state index in [-0.39, 0.29) is 17.1 Å². The van der Waals surface area contributed by atoms with Gasteiger partial charge in [-0.3, -0.25) is 0 Å². The second kappa shape index (κ2) is 10.3. The van der Waals surface area contributed by atoms with Crippen molar-refractivity contribution in [3.05, 3.63) is 34.7 Å². The van der Waals surface area contributed by atoms with Gasteiger partial charge >= 0.3 is 5.63 Å². The number of aliphatic hydroxyl groups is 6. The largest absolute Gasteiger partial charge is 0.493 e. The highest BCUT2D eigenvalue weighted by Gasteiger charge is 2.47. The third-order valence-corrected chi connectivity index (χ3v) is 6.05. The summed E-state index contributed by atoms with van der Waals surface area (Å²) in [6.45, 7) is 1.04. The molecular weight excluding hydrogens is 472 g/mol. The molecular formula is C22H28O13. The van der Waals surface area contributed by atoms with Gasteiger partial charge in [0.25, 0.3) is 0 Å². The van der Waals surface area contributed by atoms with Crippen LogP contribution in [0.15, 0.2) is 33.5 Å². The fourth-order valence-corrected chi connectivity index (χ4v) is 3.94. The van der Waals surface area contributed by atoms with Crippen molar-refractivity contribution in [2.24, 2.45) is 0 Å². The van der Waals surface area contributed by atoms with Gasteiger partial charge in [0.05, 0.1) is 19.8 Å². The van der Waals surface area contributed by atoms with Gasteiger partial charge in [0.15, 0.2) is 17.8 Å². The van der Waals surface area contributed by atoms with Crippen molar-refractivity contribution in [3.63, 3.8) is 0 Å². The van der Waals surface area contributed by atoms with E-state index in [1.165, 1.54) is 38.3 Å². The highest BCUT2D eigenvalue weighted by atomic mass is 16.7. The average Bonchev–Trinajstić information content (AvgIpc) is 2.84. The van der Waals surface area contributed by atoms with E-state index in [0.29, 0.717) is 5.39 Å². The van der Waals surface area contributed by atoms with Gasteiger partial charge in [-0.2, -0.15) is 0 Å². The Morgan fingerprint density at radius 3 is 2.23 bits per heavy atom. The summed E-state index contributed by atoms with van der Waals surface area (Å²) in [4.78, 5) is 11.6. The molecule has 2 aliphatic rings. The minimum Gasteiger partial charge on any atom is -0.493 e. The van der Waals surface area contributed by atoms with E-state index in [1.807, 2.05) is 0 Å². The Balaban J connectivity index is 1.50. The highest BCUT2D eigenvalue weighted by Crippen LogP contribution is 2.35. The van der Waals surface area contributed by atoms with Crippen molar-refractivity contribution in [1.82, 2.24) is 0 Å². The molecule has 0 spiro atoms. The molecule has 2 aromatic rings. The number of hydrogen-bond donors (Lipinski definition) is 6. The van der Waals surface area contributed by atoms with Crippen LogP contribution in [0.3, 0.4) is 0 Å². The highest BCUT2D eigenvalue weighted by molar-refractivity contribution is 5.80. The molecule has 0 radical (unpaired) electrons. The number of aliphatic hydroxyl groups excluding tert-OH is 6. The van der Waals surface area contributed by atoms with E-state index >= 15 is 0 Å². The van der Waals surface area contributed by atoms with Crippen molar-refractivity contribution in [2.75, 3.05) is 13.7 Å². The summed E-state index contributed by atoms with van der Waals surface area (Å²) in [6, 6.07) is 5.67. The van der Waals surface area contributed by atoms with Gasteiger partial charge < -0.3 is 58.7 Å². The van der Waals surface area contributed by atoms with Crippen molar-refractivity contribution in [2.45, 2.75) is 68.3 Å². The summed E-state index contributed by atoms with van der Waals surface area (Å²) in [5.74, 6) is 0.245. The van der Waals surface area contributed by atoms with Gasteiger partial charge in [-0.15, -0.1) is 0 Å². The summed E-state index contributed by atoms with van der Waals surface area (Å²) in [6.07, 6.45) is -14.4. The normalized spacial score (nSPS) is 37.8. The van der Waals surface area contributed by atoms with Crippen LogP contribution in [0.1, 0.15) is 6.92 Å². The SMILES string of the molecule is COc1cc2ccc(=O)oc2cc1O[C@H]1O[C@@H](CO[C@@H]2O[C@H](C)[C@@H](O)[C@H](O)[C@@H]2O)[C@H](O)[C@@H](O)[C@@H]1O. The smallest absolute Gasteiger partial charge is 0.336 e. The molecule has 0 unspecified atom stereocenters. The van der Waals surface area contributed by atoms with Gasteiger partial charge in [-0.25, -0.2) is 4.79 Å². The number of benzene rings is 1. The molecule has 0 bridgehead atoms. The molecule has 2 fully saturated rings. The molecule has 0 amide bonds. The van der Waals surface area contributed by atoms with Crippen LogP contribution in [0, 0.1) is 0 Å². The first kappa shape index (κ1) is 25.8. The summed E-state index contributed by atoms with van der Waals surface area (Å²) in [5, 5.41) is 61.5. The predicted octanol–water partition coefficient (Wildman–Crippen LogP) is -2.17. The number of rotatable bonds is 6. The predicted molar refractivity (Wildman–Crippen MR) is 115 cm³/mol. The van der Waals surface area contributed by atoms with Crippen LogP contribution in [0.2, 0.25) is 0 Å². The lowest BCUT2D eigenvalue weighted by molar-refractivity contribution is -0.318. The van der Waals surface area contributed by atoms with Crippen LogP contribution in [-0.2, 0) is 14.2 Å². The standard InChI is InChI=1S/C22H28O13/c1-8-15(24)17(26)19(28)21(32-8)31-7-13-16(25)18(27)20(29)22(35-13)34-12-6-10-9(5-11(12)30-2)3-4-14(23)33-10/h3-6,8,13,15-22,24-29H,7H2,1-2H3/t8-,13+,15-,16+,17+,18-,19+,20+,21-,22+/m1/s1. The Bertz CT molecular complexity index is 1070. The van der Waals surface area contributed by atoms with E-state index < -0.39 is 73.6 Å². The van der Waals surface area contributed by atoms with Gasteiger partial charge in [-0.1, -0.05) is 0 Å². The molecule has 3 heterocycles. The van der Waals surface area contributed by atoms with Crippen molar-refractivity contribution in [1.29, 1.82) is 0 Å². The second-order valence-corrected chi connectivity index (χ2v) is 8.44. The lowest BCUT2D eigenvalue weighted by Crippen LogP contribution is -2.61. The van der Waals surface area contributed by atoms with Crippen LogP contribution in [0.5, 0.6) is 11.5 Å². The molecule has 13 heteroatoms. The minimum absolute atomic E-state index is 0.0265. The van der Waals surface area contributed by atoms with E-state index in [2.05, 4.69) is 0 Å². The lowest BCUT2D eigenvalue weighted by Gasteiger charge is -2.42. The summed E-state index contributed by atoms with van der Waals surface area (Å²) < 4.78 is 32.5. The minimum atomic E-state index is -1.70. The van der Waals surface area contributed by atoms with Crippen molar-refractivity contribution in [3.8, 4) is 11.5 Å². The van der Waals surface area contributed by atoms with Crippen molar-refractivity contribution >= 4 is 11.0 Å². The zero-order chi connectivity index (χ0) is 25.4. The number of fused-ring (bicyclic) bond motifs is 1. The van der Waals surface area contributed by atoms with E-state index in [9.17, 15) is 35.4 Å². The first-order valence-electron chi connectivity index (χ1n) is 10.9. The maximum Gasteiger partial charge on any atom is 0.336 e. The van der Waals surface area contributed by atoms with Gasteiger partial charge in [-0.05, 0) is 19.1 Å². The molecule has 35 heavy (non-hydrogen) atoms. The molecule has 6 N–H and O–H groups in total. The number of ether oxygens (including phenoxy) is 5. The fraction of sp³-hybridized carbons (Fsp3) is 0.591. The third kappa shape index (κ3) is 5.14. The maximum atomic E-state index is 11.6. The van der Waals surface area contributed by atoms with Crippen LogP contribution < -0.4 is 15.1 Å². The molecule has 10 atom stereocenters. The third-order valence-electron chi connectivity index (χ3n) is 6.05. The molecule has 2 saturated heterocycles. The molecule has 194 valence electrons. The molecule has 0 aliphatic carbocycles. The van der Waals surface area contributed by atoms with Crippen molar-refractivity contribution < 1.29 is 58.7 Å². The van der Waals surface area contributed by atoms with Gasteiger partial charge in [0.2, 0.25) is 6.29 Å². The molecule has 13 nitrogen and oxygen atoms in total. The molecule has 2 aliphatic heterocycles. The van der Waals surface area contributed by atoms with Gasteiger partial charge in [0.1, 0.15) is 48.3 Å². The zero-order valence-electron chi connectivity index (χ0n) is 18.8. The molecule has 4 rings (SSSR count). The zero-order valence-corrected chi connectivity index (χ0v) is 18.8.